The molecule has 122 valence electrons. The lowest BCUT2D eigenvalue weighted by Crippen LogP contribution is -2.52. The van der Waals surface area contributed by atoms with E-state index in [-0.39, 0.29) is 29.5 Å². The van der Waals surface area contributed by atoms with Crippen LogP contribution in [0, 0.1) is 0 Å². The van der Waals surface area contributed by atoms with Gasteiger partial charge in [0.15, 0.2) is 9.84 Å². The zero-order chi connectivity index (χ0) is 15.7. The third kappa shape index (κ3) is 3.20. The van der Waals surface area contributed by atoms with Crippen molar-refractivity contribution in [2.45, 2.75) is 31.3 Å². The summed E-state index contributed by atoms with van der Waals surface area (Å²) in [6.45, 7) is 1.85. The molecule has 0 saturated carbocycles. The molecule has 2 aliphatic rings. The first-order valence-electron chi connectivity index (χ1n) is 7.83. The molecule has 1 amide bonds. The van der Waals surface area contributed by atoms with Crippen LogP contribution in [0.1, 0.15) is 29.8 Å². The van der Waals surface area contributed by atoms with E-state index in [2.05, 4.69) is 10.2 Å². The summed E-state index contributed by atoms with van der Waals surface area (Å²) in [6.07, 6.45) is 5.23. The minimum Gasteiger partial charge on any atom is -0.347 e. The van der Waals surface area contributed by atoms with Gasteiger partial charge in [0.1, 0.15) is 5.69 Å². The molecular weight excluding hydrogens is 302 g/mol. The number of carbonyl (C=O) groups excluding carboxylic acids is 1. The van der Waals surface area contributed by atoms with Crippen LogP contribution in [-0.4, -0.2) is 60.5 Å². The highest BCUT2D eigenvalue weighted by Gasteiger charge is 2.42. The van der Waals surface area contributed by atoms with E-state index in [1.165, 1.54) is 6.42 Å². The maximum absolute atomic E-state index is 12.4. The zero-order valence-electron chi connectivity index (χ0n) is 12.9. The summed E-state index contributed by atoms with van der Waals surface area (Å²) < 4.78 is 25.8. The average Bonchev–Trinajstić information content (AvgIpc) is 3.03. The fourth-order valence-corrected chi connectivity index (χ4v) is 5.47. The summed E-state index contributed by atoms with van der Waals surface area (Å²) in [5.41, 5.74) is 0.557. The molecule has 1 N–H and O–H groups in total. The van der Waals surface area contributed by atoms with Crippen molar-refractivity contribution in [1.29, 1.82) is 0 Å². The molecule has 0 bridgehead atoms. The number of nitrogens with zero attached hydrogens (tertiary/aromatic N) is 2. The molecule has 1 aromatic heterocycles. The van der Waals surface area contributed by atoms with Gasteiger partial charge in [-0.1, -0.05) is 6.42 Å². The molecular formula is C15H23N3O3S. The largest absolute Gasteiger partial charge is 0.347 e. The molecule has 0 spiro atoms. The van der Waals surface area contributed by atoms with E-state index in [4.69, 9.17) is 0 Å². The Morgan fingerprint density at radius 2 is 1.95 bits per heavy atom. The molecule has 1 aromatic rings. The van der Waals surface area contributed by atoms with E-state index in [1.807, 2.05) is 19.3 Å². The van der Waals surface area contributed by atoms with Crippen molar-refractivity contribution in [1.82, 2.24) is 14.8 Å². The third-order valence-electron chi connectivity index (χ3n) is 4.68. The van der Waals surface area contributed by atoms with Crippen LogP contribution in [0.3, 0.4) is 0 Å². The smallest absolute Gasteiger partial charge is 0.268 e. The Morgan fingerprint density at radius 1 is 1.23 bits per heavy atom. The number of piperidine rings is 1. The highest BCUT2D eigenvalue weighted by atomic mass is 32.2. The van der Waals surface area contributed by atoms with Crippen LogP contribution >= 0.6 is 0 Å². The number of amides is 1. The van der Waals surface area contributed by atoms with Crippen LogP contribution in [0.15, 0.2) is 18.3 Å². The van der Waals surface area contributed by atoms with E-state index < -0.39 is 9.84 Å². The SMILES string of the molecule is Cn1cccc1C(=O)N[C@@H]1CS(=O)(=O)C[C@H]1N1CCCCC1. The van der Waals surface area contributed by atoms with Gasteiger partial charge >= 0.3 is 0 Å². The van der Waals surface area contributed by atoms with Gasteiger partial charge in [0.05, 0.1) is 17.5 Å². The first kappa shape index (κ1) is 15.6. The van der Waals surface area contributed by atoms with Crippen molar-refractivity contribution in [3.63, 3.8) is 0 Å². The van der Waals surface area contributed by atoms with Gasteiger partial charge in [-0.25, -0.2) is 8.42 Å². The maximum atomic E-state index is 12.4. The van der Waals surface area contributed by atoms with Gasteiger partial charge in [-0.2, -0.15) is 0 Å². The van der Waals surface area contributed by atoms with Crippen molar-refractivity contribution in [3.8, 4) is 0 Å². The standard InChI is InChI=1S/C15H23N3O3S/c1-17-7-5-6-13(17)15(19)16-12-10-22(20,21)11-14(12)18-8-3-2-4-9-18/h5-7,12,14H,2-4,8-11H2,1H3,(H,16,19)/t12-,14-/m1/s1. The van der Waals surface area contributed by atoms with Crippen LogP contribution < -0.4 is 5.32 Å². The first-order valence-corrected chi connectivity index (χ1v) is 9.65. The molecule has 2 atom stereocenters. The molecule has 7 heteroatoms. The monoisotopic (exact) mass is 325 g/mol. The van der Waals surface area contributed by atoms with Crippen molar-refractivity contribution < 1.29 is 13.2 Å². The van der Waals surface area contributed by atoms with Crippen molar-refractivity contribution in [2.24, 2.45) is 7.05 Å². The Hall–Kier alpha value is -1.34. The minimum absolute atomic E-state index is 0.0460. The van der Waals surface area contributed by atoms with Crippen molar-refractivity contribution >= 4 is 15.7 Å². The number of sulfone groups is 1. The molecule has 22 heavy (non-hydrogen) atoms. The van der Waals surface area contributed by atoms with Crippen molar-refractivity contribution in [3.05, 3.63) is 24.0 Å². The number of hydrogen-bond donors (Lipinski definition) is 1. The number of aryl methyl sites for hydroxylation is 1. The van der Waals surface area contributed by atoms with E-state index in [9.17, 15) is 13.2 Å². The molecule has 2 aliphatic heterocycles. The summed E-state index contributed by atoms with van der Waals surface area (Å²) in [4.78, 5) is 14.6. The van der Waals surface area contributed by atoms with Crippen LogP contribution in [0.25, 0.3) is 0 Å². The second kappa shape index (κ2) is 6.04. The molecule has 0 radical (unpaired) electrons. The summed E-state index contributed by atoms with van der Waals surface area (Å²) >= 11 is 0. The number of carbonyl (C=O) groups is 1. The Balaban J connectivity index is 1.75. The van der Waals surface area contributed by atoms with Gasteiger partial charge in [-0.05, 0) is 38.1 Å². The Bertz CT molecular complexity index is 647. The molecule has 2 saturated heterocycles. The van der Waals surface area contributed by atoms with Gasteiger partial charge in [0.25, 0.3) is 5.91 Å². The van der Waals surface area contributed by atoms with Gasteiger partial charge in [0.2, 0.25) is 0 Å². The maximum Gasteiger partial charge on any atom is 0.268 e. The number of likely N-dealkylation sites (tertiary alicyclic amines) is 1. The predicted molar refractivity (Wildman–Crippen MR) is 84.5 cm³/mol. The quantitative estimate of drug-likeness (QED) is 0.873. The molecule has 0 unspecified atom stereocenters. The molecule has 6 nitrogen and oxygen atoms in total. The van der Waals surface area contributed by atoms with E-state index in [1.54, 1.807) is 10.6 Å². The fourth-order valence-electron chi connectivity index (χ4n) is 3.52. The van der Waals surface area contributed by atoms with Crippen LogP contribution in [0.4, 0.5) is 0 Å². The fraction of sp³-hybridized carbons (Fsp3) is 0.667. The van der Waals surface area contributed by atoms with Crippen molar-refractivity contribution in [2.75, 3.05) is 24.6 Å². The summed E-state index contributed by atoms with van der Waals surface area (Å²) in [5.74, 6) is 0.00620. The number of nitrogens with one attached hydrogen (secondary N) is 1. The van der Waals surface area contributed by atoms with Crippen LogP contribution in [0.2, 0.25) is 0 Å². The topological polar surface area (TPSA) is 71.4 Å². The number of hydrogen-bond acceptors (Lipinski definition) is 4. The molecule has 3 rings (SSSR count). The van der Waals surface area contributed by atoms with Crippen LogP contribution in [0.5, 0.6) is 0 Å². The lowest BCUT2D eigenvalue weighted by Gasteiger charge is -2.35. The van der Waals surface area contributed by atoms with Crippen LogP contribution in [-0.2, 0) is 16.9 Å². The third-order valence-corrected chi connectivity index (χ3v) is 6.39. The molecule has 3 heterocycles. The number of rotatable bonds is 3. The highest BCUT2D eigenvalue weighted by Crippen LogP contribution is 2.22. The summed E-state index contributed by atoms with van der Waals surface area (Å²) in [7, 11) is -1.27. The van der Waals surface area contributed by atoms with E-state index in [0.29, 0.717) is 5.69 Å². The second-order valence-corrected chi connectivity index (χ2v) is 8.48. The normalized spacial score (nSPS) is 28.6. The van der Waals surface area contributed by atoms with E-state index >= 15 is 0 Å². The second-order valence-electron chi connectivity index (χ2n) is 6.33. The van der Waals surface area contributed by atoms with E-state index in [0.717, 1.165) is 25.9 Å². The zero-order valence-corrected chi connectivity index (χ0v) is 13.7. The molecule has 2 fully saturated rings. The summed E-state index contributed by atoms with van der Waals surface area (Å²) in [6, 6.07) is 3.15. The number of aromatic nitrogens is 1. The predicted octanol–water partition coefficient (Wildman–Crippen LogP) is 0.406. The average molecular weight is 325 g/mol. The molecule has 0 aliphatic carbocycles. The highest BCUT2D eigenvalue weighted by molar-refractivity contribution is 7.91. The molecule has 0 aromatic carbocycles. The van der Waals surface area contributed by atoms with Gasteiger partial charge in [-0.3, -0.25) is 9.69 Å². The Labute approximate surface area is 131 Å². The Morgan fingerprint density at radius 3 is 2.59 bits per heavy atom. The minimum atomic E-state index is -3.08. The van der Waals surface area contributed by atoms with Gasteiger partial charge < -0.3 is 9.88 Å². The first-order chi connectivity index (χ1) is 10.5. The Kier molecular flexibility index (Phi) is 4.27. The van der Waals surface area contributed by atoms with Gasteiger partial charge in [-0.15, -0.1) is 0 Å². The summed E-state index contributed by atoms with van der Waals surface area (Å²) in [5, 5.41) is 2.94. The van der Waals surface area contributed by atoms with Gasteiger partial charge in [0, 0.05) is 19.3 Å². The lowest BCUT2D eigenvalue weighted by molar-refractivity contribution is 0.0892. The lowest BCUT2D eigenvalue weighted by atomic mass is 10.0.